The molecule has 0 aliphatic heterocycles. The number of aliphatic hydroxyl groups is 1. The zero-order valence-corrected chi connectivity index (χ0v) is 8.38. The Morgan fingerprint density at radius 2 is 1.87 bits per heavy atom. The van der Waals surface area contributed by atoms with E-state index in [-0.39, 0.29) is 6.61 Å². The number of carbonyl (C=O) groups is 1. The van der Waals surface area contributed by atoms with E-state index in [1.807, 2.05) is 0 Å². The topological polar surface area (TPSA) is 57.5 Å². The predicted octanol–water partition coefficient (Wildman–Crippen LogP) is 1.82. The number of rotatable bonds is 4. The molecule has 88 valence electrons. The Hall–Kier alpha value is -1.04. The Kier molecular flexibility index (Phi) is 4.80. The first-order chi connectivity index (χ1) is 6.70. The van der Waals surface area contributed by atoms with E-state index >= 15 is 0 Å². The molecule has 0 aromatic heterocycles. The summed E-state index contributed by atoms with van der Waals surface area (Å²) < 4.78 is 36.6. The quantitative estimate of drug-likeness (QED) is 0.719. The molecule has 0 rings (SSSR count). The molecular formula is C9H13F3O3. The van der Waals surface area contributed by atoms with Crippen LogP contribution in [0.15, 0.2) is 11.6 Å². The minimum absolute atomic E-state index is 0.289. The fraction of sp³-hybridized carbons (Fsp3) is 0.667. The van der Waals surface area contributed by atoms with Gasteiger partial charge in [-0.25, -0.2) is 4.79 Å². The normalized spacial score (nSPS) is 17.3. The SMILES string of the molecule is CC(C=C(C(=O)O)C(F)(F)F)C(C)CO. The molecule has 0 saturated heterocycles. The Morgan fingerprint density at radius 3 is 2.13 bits per heavy atom. The Bertz CT molecular complexity index is 258. The molecule has 0 aliphatic rings. The molecule has 6 heteroatoms. The molecule has 3 nitrogen and oxygen atoms in total. The first kappa shape index (κ1) is 14.0. The van der Waals surface area contributed by atoms with Gasteiger partial charge in [0.1, 0.15) is 5.57 Å². The van der Waals surface area contributed by atoms with E-state index in [0.29, 0.717) is 6.08 Å². The minimum Gasteiger partial charge on any atom is -0.478 e. The summed E-state index contributed by atoms with van der Waals surface area (Å²) in [7, 11) is 0. The van der Waals surface area contributed by atoms with Crippen LogP contribution in [0.3, 0.4) is 0 Å². The fourth-order valence-corrected chi connectivity index (χ4v) is 0.880. The third kappa shape index (κ3) is 4.33. The minimum atomic E-state index is -4.87. The van der Waals surface area contributed by atoms with Gasteiger partial charge in [-0.15, -0.1) is 0 Å². The van der Waals surface area contributed by atoms with Crippen molar-refractivity contribution in [1.82, 2.24) is 0 Å². The van der Waals surface area contributed by atoms with Crippen LogP contribution in [-0.4, -0.2) is 29.0 Å². The van der Waals surface area contributed by atoms with Gasteiger partial charge in [0.15, 0.2) is 0 Å². The van der Waals surface area contributed by atoms with E-state index < -0.39 is 29.6 Å². The van der Waals surface area contributed by atoms with Crippen molar-refractivity contribution in [2.45, 2.75) is 20.0 Å². The van der Waals surface area contributed by atoms with E-state index in [9.17, 15) is 18.0 Å². The van der Waals surface area contributed by atoms with Gasteiger partial charge in [-0.2, -0.15) is 13.2 Å². The van der Waals surface area contributed by atoms with E-state index in [1.165, 1.54) is 13.8 Å². The zero-order chi connectivity index (χ0) is 12.2. The lowest BCUT2D eigenvalue weighted by Gasteiger charge is -2.15. The van der Waals surface area contributed by atoms with Crippen molar-refractivity contribution < 1.29 is 28.2 Å². The summed E-state index contributed by atoms with van der Waals surface area (Å²) in [6, 6.07) is 0. The van der Waals surface area contributed by atoms with Crippen LogP contribution >= 0.6 is 0 Å². The second kappa shape index (κ2) is 5.16. The Balaban J connectivity index is 4.94. The molecule has 15 heavy (non-hydrogen) atoms. The highest BCUT2D eigenvalue weighted by molar-refractivity contribution is 5.88. The van der Waals surface area contributed by atoms with Gasteiger partial charge in [-0.05, 0) is 11.8 Å². The van der Waals surface area contributed by atoms with Gasteiger partial charge in [0.05, 0.1) is 0 Å². The molecule has 0 fully saturated rings. The average molecular weight is 226 g/mol. The van der Waals surface area contributed by atoms with Crippen molar-refractivity contribution in [2.24, 2.45) is 11.8 Å². The van der Waals surface area contributed by atoms with Crippen LogP contribution in [-0.2, 0) is 4.79 Å². The summed E-state index contributed by atoms with van der Waals surface area (Å²) in [6.45, 7) is 2.68. The van der Waals surface area contributed by atoms with Crippen LogP contribution in [0.2, 0.25) is 0 Å². The number of alkyl halides is 3. The lowest BCUT2D eigenvalue weighted by atomic mass is 9.94. The van der Waals surface area contributed by atoms with E-state index in [4.69, 9.17) is 10.2 Å². The zero-order valence-electron chi connectivity index (χ0n) is 8.38. The summed E-state index contributed by atoms with van der Waals surface area (Å²) in [4.78, 5) is 10.3. The van der Waals surface area contributed by atoms with Crippen molar-refractivity contribution >= 4 is 5.97 Å². The summed E-state index contributed by atoms with van der Waals surface area (Å²) in [5, 5.41) is 17.1. The summed E-state index contributed by atoms with van der Waals surface area (Å²) in [5.41, 5.74) is -1.59. The third-order valence-electron chi connectivity index (χ3n) is 2.15. The second-order valence-corrected chi connectivity index (χ2v) is 3.40. The highest BCUT2D eigenvalue weighted by Gasteiger charge is 2.39. The van der Waals surface area contributed by atoms with Crippen LogP contribution in [0.1, 0.15) is 13.8 Å². The molecule has 0 radical (unpaired) electrons. The molecule has 0 aromatic rings. The lowest BCUT2D eigenvalue weighted by molar-refractivity contribution is -0.145. The van der Waals surface area contributed by atoms with Crippen molar-refractivity contribution in [3.63, 3.8) is 0 Å². The number of allylic oxidation sites excluding steroid dienone is 1. The van der Waals surface area contributed by atoms with Crippen molar-refractivity contribution in [1.29, 1.82) is 0 Å². The molecular weight excluding hydrogens is 213 g/mol. The maximum absolute atomic E-state index is 12.2. The number of aliphatic hydroxyl groups excluding tert-OH is 1. The largest absolute Gasteiger partial charge is 0.478 e. The molecule has 0 spiro atoms. The number of hydrogen-bond acceptors (Lipinski definition) is 2. The van der Waals surface area contributed by atoms with Crippen LogP contribution in [0, 0.1) is 11.8 Å². The average Bonchev–Trinajstić information content (AvgIpc) is 2.09. The van der Waals surface area contributed by atoms with Crippen LogP contribution in [0.25, 0.3) is 0 Å². The van der Waals surface area contributed by atoms with Gasteiger partial charge < -0.3 is 10.2 Å². The molecule has 2 atom stereocenters. The lowest BCUT2D eigenvalue weighted by Crippen LogP contribution is -2.22. The smallest absolute Gasteiger partial charge is 0.423 e. The maximum atomic E-state index is 12.2. The summed E-state index contributed by atoms with van der Waals surface area (Å²) >= 11 is 0. The van der Waals surface area contributed by atoms with Gasteiger partial charge in [-0.1, -0.05) is 19.9 Å². The third-order valence-corrected chi connectivity index (χ3v) is 2.15. The monoisotopic (exact) mass is 226 g/mol. The van der Waals surface area contributed by atoms with E-state index in [0.717, 1.165) is 0 Å². The Labute approximate surface area is 85.2 Å². The summed E-state index contributed by atoms with van der Waals surface area (Å²) in [5.74, 6) is -3.07. The number of carboxylic acids is 1. The molecule has 0 aliphatic carbocycles. The van der Waals surface area contributed by atoms with Gasteiger partial charge >= 0.3 is 12.1 Å². The van der Waals surface area contributed by atoms with Gasteiger partial charge in [0.25, 0.3) is 0 Å². The summed E-state index contributed by atoms with van der Waals surface area (Å²) in [6.07, 6.45) is -4.24. The molecule has 2 N–H and O–H groups in total. The van der Waals surface area contributed by atoms with Crippen LogP contribution < -0.4 is 0 Å². The van der Waals surface area contributed by atoms with Gasteiger partial charge in [0, 0.05) is 6.61 Å². The highest BCUT2D eigenvalue weighted by Crippen LogP contribution is 2.28. The number of halogens is 3. The molecule has 0 saturated carbocycles. The molecule has 2 unspecified atom stereocenters. The van der Waals surface area contributed by atoms with E-state index in [1.54, 1.807) is 0 Å². The van der Waals surface area contributed by atoms with Crippen molar-refractivity contribution in [3.05, 3.63) is 11.6 Å². The first-order valence-corrected chi connectivity index (χ1v) is 4.33. The number of carboxylic acid groups (broad SMARTS) is 1. The fourth-order valence-electron chi connectivity index (χ4n) is 0.880. The number of hydrogen-bond donors (Lipinski definition) is 2. The molecule has 0 heterocycles. The maximum Gasteiger partial charge on any atom is 0.423 e. The first-order valence-electron chi connectivity index (χ1n) is 4.33. The second-order valence-electron chi connectivity index (χ2n) is 3.40. The van der Waals surface area contributed by atoms with Gasteiger partial charge in [0.2, 0.25) is 0 Å². The highest BCUT2D eigenvalue weighted by atomic mass is 19.4. The van der Waals surface area contributed by atoms with Gasteiger partial charge in [-0.3, -0.25) is 0 Å². The standard InChI is InChI=1S/C9H13F3O3/c1-5(6(2)4-13)3-7(8(14)15)9(10,11)12/h3,5-6,13H,4H2,1-2H3,(H,14,15). The van der Waals surface area contributed by atoms with Crippen molar-refractivity contribution in [2.75, 3.05) is 6.61 Å². The van der Waals surface area contributed by atoms with Crippen molar-refractivity contribution in [3.8, 4) is 0 Å². The van der Waals surface area contributed by atoms with E-state index in [2.05, 4.69) is 0 Å². The number of aliphatic carboxylic acids is 1. The van der Waals surface area contributed by atoms with Crippen LogP contribution in [0.5, 0.6) is 0 Å². The molecule has 0 bridgehead atoms. The predicted molar refractivity (Wildman–Crippen MR) is 47.2 cm³/mol. The Morgan fingerprint density at radius 1 is 1.40 bits per heavy atom. The molecule has 0 aromatic carbocycles. The molecule has 0 amide bonds. The van der Waals surface area contributed by atoms with Crippen LogP contribution in [0.4, 0.5) is 13.2 Å².